The van der Waals surface area contributed by atoms with Crippen LogP contribution in [0, 0.1) is 6.92 Å². The molecule has 2 heterocycles. The predicted octanol–water partition coefficient (Wildman–Crippen LogP) is 3.05. The van der Waals surface area contributed by atoms with Gasteiger partial charge in [0.05, 0.1) is 12.2 Å². The van der Waals surface area contributed by atoms with Crippen LogP contribution in [0.25, 0.3) is 11.4 Å². The number of pyridine rings is 1. The van der Waals surface area contributed by atoms with E-state index in [1.807, 2.05) is 49.4 Å². The van der Waals surface area contributed by atoms with Gasteiger partial charge in [0.1, 0.15) is 0 Å². The summed E-state index contributed by atoms with van der Waals surface area (Å²) in [7, 11) is 0. The maximum absolute atomic E-state index is 5.17. The van der Waals surface area contributed by atoms with E-state index in [1.54, 1.807) is 6.20 Å². The Bertz CT molecular complexity index is 677. The van der Waals surface area contributed by atoms with Gasteiger partial charge in [-0.3, -0.25) is 4.98 Å². The molecule has 0 aliphatic rings. The largest absolute Gasteiger partial charge is 0.332 e. The second-order valence-corrected chi connectivity index (χ2v) is 4.46. The lowest BCUT2D eigenvalue weighted by Crippen LogP contribution is -2.01. The van der Waals surface area contributed by atoms with Crippen molar-refractivity contribution in [3.63, 3.8) is 0 Å². The number of anilines is 1. The molecule has 0 radical (unpaired) electrons. The normalized spacial score (nSPS) is 10.4. The van der Waals surface area contributed by atoms with E-state index >= 15 is 0 Å². The summed E-state index contributed by atoms with van der Waals surface area (Å²) in [5.74, 6) is 0.577. The molecule has 5 nitrogen and oxygen atoms in total. The molecule has 0 saturated carbocycles. The van der Waals surface area contributed by atoms with E-state index in [2.05, 4.69) is 20.4 Å². The first-order chi connectivity index (χ1) is 9.81. The Morgan fingerprint density at radius 1 is 1.10 bits per heavy atom. The highest BCUT2D eigenvalue weighted by Gasteiger charge is 2.07. The molecule has 3 aromatic rings. The van der Waals surface area contributed by atoms with E-state index in [-0.39, 0.29) is 0 Å². The van der Waals surface area contributed by atoms with Crippen LogP contribution < -0.4 is 5.32 Å². The molecule has 5 heteroatoms. The average molecular weight is 266 g/mol. The first-order valence-corrected chi connectivity index (χ1v) is 6.36. The van der Waals surface area contributed by atoms with Crippen LogP contribution in [0.3, 0.4) is 0 Å². The summed E-state index contributed by atoms with van der Waals surface area (Å²) < 4.78 is 5.17. The first-order valence-electron chi connectivity index (χ1n) is 6.36. The van der Waals surface area contributed by atoms with Crippen molar-refractivity contribution in [1.82, 2.24) is 15.1 Å². The molecule has 0 atom stereocenters. The molecular formula is C15H14N4O. The van der Waals surface area contributed by atoms with Crippen molar-refractivity contribution >= 4 is 6.01 Å². The van der Waals surface area contributed by atoms with E-state index < -0.39 is 0 Å². The topological polar surface area (TPSA) is 63.8 Å². The lowest BCUT2D eigenvalue weighted by Gasteiger charge is -1.99. The summed E-state index contributed by atoms with van der Waals surface area (Å²) in [6, 6.07) is 14.1. The number of aromatic nitrogens is 3. The third-order valence-electron chi connectivity index (χ3n) is 2.88. The first kappa shape index (κ1) is 12.3. The van der Waals surface area contributed by atoms with Gasteiger partial charge in [-0.1, -0.05) is 41.1 Å². The molecule has 100 valence electrons. The number of hydrogen-bond donors (Lipinski definition) is 1. The fourth-order valence-corrected chi connectivity index (χ4v) is 1.78. The van der Waals surface area contributed by atoms with Gasteiger partial charge in [0.2, 0.25) is 5.82 Å². The van der Waals surface area contributed by atoms with Crippen LogP contribution in [0.15, 0.2) is 53.2 Å². The second kappa shape index (κ2) is 5.52. The Hall–Kier alpha value is -2.69. The van der Waals surface area contributed by atoms with Gasteiger partial charge < -0.3 is 9.84 Å². The zero-order chi connectivity index (χ0) is 13.8. The zero-order valence-corrected chi connectivity index (χ0v) is 11.1. The number of hydrogen-bond acceptors (Lipinski definition) is 5. The summed E-state index contributed by atoms with van der Waals surface area (Å²) >= 11 is 0. The molecule has 3 rings (SSSR count). The quantitative estimate of drug-likeness (QED) is 0.786. The monoisotopic (exact) mass is 266 g/mol. The van der Waals surface area contributed by atoms with E-state index in [0.717, 1.165) is 11.3 Å². The van der Waals surface area contributed by atoms with Crippen LogP contribution >= 0.6 is 0 Å². The summed E-state index contributed by atoms with van der Waals surface area (Å²) in [4.78, 5) is 8.52. The van der Waals surface area contributed by atoms with E-state index in [0.29, 0.717) is 18.4 Å². The number of nitrogens with one attached hydrogen (secondary N) is 1. The molecule has 2 aromatic heterocycles. The molecule has 0 fully saturated rings. The van der Waals surface area contributed by atoms with Crippen molar-refractivity contribution in [2.45, 2.75) is 13.5 Å². The highest BCUT2D eigenvalue weighted by molar-refractivity contribution is 5.55. The molecule has 0 unspecified atom stereocenters. The Balaban J connectivity index is 1.69. The van der Waals surface area contributed by atoms with Gasteiger partial charge >= 0.3 is 6.01 Å². The van der Waals surface area contributed by atoms with Gasteiger partial charge in [0.25, 0.3) is 0 Å². The lowest BCUT2D eigenvalue weighted by molar-refractivity contribution is 0.431. The molecule has 0 amide bonds. The summed E-state index contributed by atoms with van der Waals surface area (Å²) in [6.07, 6.45) is 1.75. The van der Waals surface area contributed by atoms with Crippen LogP contribution in [-0.2, 0) is 6.54 Å². The summed E-state index contributed by atoms with van der Waals surface area (Å²) in [5.41, 5.74) is 3.05. The minimum atomic E-state index is 0.395. The molecule has 0 aliphatic carbocycles. The molecular weight excluding hydrogens is 252 g/mol. The molecule has 1 aromatic carbocycles. The Morgan fingerprint density at radius 3 is 2.70 bits per heavy atom. The summed E-state index contributed by atoms with van der Waals surface area (Å²) in [6.45, 7) is 2.59. The van der Waals surface area contributed by atoms with E-state index in [9.17, 15) is 0 Å². The van der Waals surface area contributed by atoms with Crippen molar-refractivity contribution < 1.29 is 4.52 Å². The minimum absolute atomic E-state index is 0.395. The molecule has 0 spiro atoms. The maximum Gasteiger partial charge on any atom is 0.322 e. The van der Waals surface area contributed by atoms with Crippen molar-refractivity contribution in [2.24, 2.45) is 0 Å². The smallest absolute Gasteiger partial charge is 0.322 e. The molecule has 1 N–H and O–H groups in total. The van der Waals surface area contributed by atoms with Crippen LogP contribution in [0.2, 0.25) is 0 Å². The number of rotatable bonds is 4. The van der Waals surface area contributed by atoms with E-state index in [4.69, 9.17) is 4.52 Å². The Kier molecular flexibility index (Phi) is 3.41. The van der Waals surface area contributed by atoms with Gasteiger partial charge in [-0.15, -0.1) is 0 Å². The number of aryl methyl sites for hydroxylation is 1. The fourth-order valence-electron chi connectivity index (χ4n) is 1.78. The number of benzene rings is 1. The van der Waals surface area contributed by atoms with Crippen LogP contribution in [0.1, 0.15) is 11.3 Å². The minimum Gasteiger partial charge on any atom is -0.332 e. The fraction of sp³-hybridized carbons (Fsp3) is 0.133. The standard InChI is InChI=1S/C15H14N4O/c1-11-5-7-12(8-6-11)14-18-15(20-19-14)17-10-13-4-2-3-9-16-13/h2-9H,10H2,1H3,(H,17,18,19). The van der Waals surface area contributed by atoms with Crippen LogP contribution in [-0.4, -0.2) is 15.1 Å². The van der Waals surface area contributed by atoms with Crippen LogP contribution in [0.4, 0.5) is 6.01 Å². The van der Waals surface area contributed by atoms with Crippen LogP contribution in [0.5, 0.6) is 0 Å². The highest BCUT2D eigenvalue weighted by Crippen LogP contribution is 2.18. The lowest BCUT2D eigenvalue weighted by atomic mass is 10.1. The van der Waals surface area contributed by atoms with Gasteiger partial charge in [0.15, 0.2) is 0 Å². The zero-order valence-electron chi connectivity index (χ0n) is 11.1. The van der Waals surface area contributed by atoms with Crippen molar-refractivity contribution in [1.29, 1.82) is 0 Å². The Morgan fingerprint density at radius 2 is 1.95 bits per heavy atom. The SMILES string of the molecule is Cc1ccc(-c2noc(NCc3ccccn3)n2)cc1. The van der Waals surface area contributed by atoms with Gasteiger partial charge in [0, 0.05) is 11.8 Å². The van der Waals surface area contributed by atoms with Crippen molar-refractivity contribution in [3.05, 3.63) is 59.9 Å². The Labute approximate surface area is 116 Å². The van der Waals surface area contributed by atoms with Crippen molar-refractivity contribution in [2.75, 3.05) is 5.32 Å². The maximum atomic E-state index is 5.17. The average Bonchev–Trinajstić information content (AvgIpc) is 2.96. The van der Waals surface area contributed by atoms with Crippen molar-refractivity contribution in [3.8, 4) is 11.4 Å². The molecule has 20 heavy (non-hydrogen) atoms. The van der Waals surface area contributed by atoms with Gasteiger partial charge in [-0.25, -0.2) is 0 Å². The molecule has 0 saturated heterocycles. The highest BCUT2D eigenvalue weighted by atomic mass is 16.5. The second-order valence-electron chi connectivity index (χ2n) is 4.46. The van der Waals surface area contributed by atoms with Gasteiger partial charge in [-0.2, -0.15) is 4.98 Å². The third-order valence-corrected chi connectivity index (χ3v) is 2.88. The molecule has 0 bridgehead atoms. The van der Waals surface area contributed by atoms with E-state index in [1.165, 1.54) is 5.56 Å². The number of nitrogens with zero attached hydrogens (tertiary/aromatic N) is 3. The molecule has 0 aliphatic heterocycles. The third kappa shape index (κ3) is 2.83. The predicted molar refractivity (Wildman–Crippen MR) is 76.0 cm³/mol. The summed E-state index contributed by atoms with van der Waals surface area (Å²) in [5, 5.41) is 7.02. The van der Waals surface area contributed by atoms with Gasteiger partial charge in [-0.05, 0) is 19.1 Å².